The lowest BCUT2D eigenvalue weighted by atomic mass is 10.2. The summed E-state index contributed by atoms with van der Waals surface area (Å²) in [6.45, 7) is -3.15. The number of halogens is 5. The lowest BCUT2D eigenvalue weighted by Crippen LogP contribution is -2.14. The number of carbonyl (C=O) groups excluding carboxylic acids is 1. The fourth-order valence-electron chi connectivity index (χ4n) is 1.62. The van der Waals surface area contributed by atoms with Gasteiger partial charge in [0, 0.05) is 5.56 Å². The second-order valence-electron chi connectivity index (χ2n) is 4.20. The molecule has 1 aromatic carbocycles. The van der Waals surface area contributed by atoms with E-state index in [9.17, 15) is 26.7 Å². The van der Waals surface area contributed by atoms with Crippen molar-refractivity contribution in [3.05, 3.63) is 29.6 Å². The molecule has 24 heavy (non-hydrogen) atoms. The maximum atomic E-state index is 12.4. The number of hydrogen-bond donors (Lipinski definition) is 2. The van der Waals surface area contributed by atoms with Crippen LogP contribution >= 0.6 is 0 Å². The maximum absolute atomic E-state index is 12.4. The summed E-state index contributed by atoms with van der Waals surface area (Å²) in [5, 5.41) is 6.79. The van der Waals surface area contributed by atoms with Gasteiger partial charge in [-0.1, -0.05) is 0 Å². The third-order valence-electron chi connectivity index (χ3n) is 2.62. The highest BCUT2D eigenvalue weighted by molar-refractivity contribution is 6.03. The normalized spacial score (nSPS) is 11.5. The van der Waals surface area contributed by atoms with Crippen molar-refractivity contribution in [2.75, 3.05) is 12.4 Å². The van der Waals surface area contributed by atoms with Gasteiger partial charge in [-0.15, -0.1) is 5.10 Å². The molecule has 1 aromatic heterocycles. The molecule has 7 nitrogen and oxygen atoms in total. The molecule has 0 unspecified atom stereocenters. The molecule has 0 bridgehead atoms. The van der Waals surface area contributed by atoms with Crippen LogP contribution in [-0.2, 0) is 6.18 Å². The first-order valence-corrected chi connectivity index (χ1v) is 6.14. The number of amides is 1. The molecule has 0 aliphatic heterocycles. The number of rotatable bonds is 5. The molecule has 2 aromatic rings. The lowest BCUT2D eigenvalue weighted by Gasteiger charge is -2.11. The largest absolute Gasteiger partial charge is 0.493 e. The molecule has 0 saturated heterocycles. The smallest absolute Gasteiger partial charge is 0.451 e. The zero-order valence-electron chi connectivity index (χ0n) is 11.8. The number of nitrogens with one attached hydrogen (secondary N) is 2. The van der Waals surface area contributed by atoms with Gasteiger partial charge in [0.05, 0.1) is 7.11 Å². The Kier molecular flexibility index (Phi) is 4.85. The van der Waals surface area contributed by atoms with Crippen LogP contribution in [0.2, 0.25) is 0 Å². The van der Waals surface area contributed by atoms with Crippen LogP contribution in [0.5, 0.6) is 11.5 Å². The maximum Gasteiger partial charge on any atom is 0.451 e. The monoisotopic (exact) mass is 352 g/mol. The molecule has 1 amide bonds. The standard InChI is InChI=1S/C12H9F5N4O3/c1-23-6-3-2-5(4-7(6)24-10(13)14)8(22)18-11-19-9(20-21-11)12(15,16)17/h2-4,10H,1H3,(H2,18,19,20,21,22). The molecule has 2 rings (SSSR count). The summed E-state index contributed by atoms with van der Waals surface area (Å²) in [4.78, 5) is 15.0. The highest BCUT2D eigenvalue weighted by Gasteiger charge is 2.35. The van der Waals surface area contributed by atoms with E-state index in [0.29, 0.717) is 0 Å². The summed E-state index contributed by atoms with van der Waals surface area (Å²) in [6, 6.07) is 3.33. The highest BCUT2D eigenvalue weighted by Crippen LogP contribution is 2.30. The predicted octanol–water partition coefficient (Wildman–Crippen LogP) is 2.69. The van der Waals surface area contributed by atoms with Crippen LogP contribution in [0.25, 0.3) is 0 Å². The van der Waals surface area contributed by atoms with Gasteiger partial charge in [-0.25, -0.2) is 0 Å². The second-order valence-corrected chi connectivity index (χ2v) is 4.20. The molecule has 0 aliphatic rings. The van der Waals surface area contributed by atoms with Gasteiger partial charge in [0.25, 0.3) is 5.91 Å². The van der Waals surface area contributed by atoms with Crippen LogP contribution in [0.15, 0.2) is 18.2 Å². The first-order chi connectivity index (χ1) is 11.2. The van der Waals surface area contributed by atoms with Crippen LogP contribution < -0.4 is 14.8 Å². The first kappa shape index (κ1) is 17.4. The van der Waals surface area contributed by atoms with Gasteiger partial charge in [-0.3, -0.25) is 15.2 Å². The average Bonchev–Trinajstić information content (AvgIpc) is 2.95. The summed E-state index contributed by atoms with van der Waals surface area (Å²) >= 11 is 0. The minimum absolute atomic E-state index is 0.0518. The van der Waals surface area contributed by atoms with Crippen molar-refractivity contribution >= 4 is 11.9 Å². The van der Waals surface area contributed by atoms with E-state index in [1.807, 2.05) is 5.32 Å². The Morgan fingerprint density at radius 3 is 2.54 bits per heavy atom. The van der Waals surface area contributed by atoms with Crippen LogP contribution in [-0.4, -0.2) is 34.8 Å². The van der Waals surface area contributed by atoms with Gasteiger partial charge >= 0.3 is 12.8 Å². The fraction of sp³-hybridized carbons (Fsp3) is 0.250. The Labute approximate surface area is 130 Å². The van der Waals surface area contributed by atoms with Gasteiger partial charge in [0.2, 0.25) is 11.8 Å². The van der Waals surface area contributed by atoms with Crippen molar-refractivity contribution in [2.24, 2.45) is 0 Å². The molecule has 12 heteroatoms. The van der Waals surface area contributed by atoms with Gasteiger partial charge in [-0.2, -0.15) is 26.9 Å². The van der Waals surface area contributed by atoms with E-state index in [0.717, 1.165) is 6.07 Å². The average molecular weight is 352 g/mol. The van der Waals surface area contributed by atoms with E-state index in [2.05, 4.69) is 14.8 Å². The molecule has 0 saturated carbocycles. The Bertz CT molecular complexity index is 732. The van der Waals surface area contributed by atoms with Crippen molar-refractivity contribution < 1.29 is 36.2 Å². The predicted molar refractivity (Wildman–Crippen MR) is 69.0 cm³/mol. The van der Waals surface area contributed by atoms with Gasteiger partial charge in [-0.05, 0) is 18.2 Å². The Morgan fingerprint density at radius 1 is 1.29 bits per heavy atom. The lowest BCUT2D eigenvalue weighted by molar-refractivity contribution is -0.144. The quantitative estimate of drug-likeness (QED) is 0.808. The number of nitrogens with zero attached hydrogens (tertiary/aromatic N) is 2. The number of benzene rings is 1. The Morgan fingerprint density at radius 2 is 2.00 bits per heavy atom. The van der Waals surface area contributed by atoms with Gasteiger partial charge in [0.15, 0.2) is 11.5 Å². The number of hydrogen-bond acceptors (Lipinski definition) is 5. The number of anilines is 1. The van der Waals surface area contributed by atoms with Gasteiger partial charge in [0.1, 0.15) is 0 Å². The molecule has 0 aliphatic carbocycles. The zero-order chi connectivity index (χ0) is 17.9. The summed E-state index contributed by atoms with van der Waals surface area (Å²) in [5.74, 6) is -3.41. The van der Waals surface area contributed by atoms with E-state index in [-0.39, 0.29) is 11.3 Å². The van der Waals surface area contributed by atoms with E-state index >= 15 is 0 Å². The van der Waals surface area contributed by atoms with Crippen molar-refractivity contribution in [1.82, 2.24) is 15.2 Å². The van der Waals surface area contributed by atoms with Crippen LogP contribution in [0.3, 0.4) is 0 Å². The third kappa shape index (κ3) is 4.08. The van der Waals surface area contributed by atoms with E-state index < -0.39 is 36.2 Å². The third-order valence-corrected chi connectivity index (χ3v) is 2.62. The number of carbonyl (C=O) groups is 1. The van der Waals surface area contributed by atoms with Crippen LogP contribution in [0, 0.1) is 0 Å². The highest BCUT2D eigenvalue weighted by atomic mass is 19.4. The summed E-state index contributed by atoms with van der Waals surface area (Å²) in [5.41, 5.74) is -0.176. The van der Waals surface area contributed by atoms with Crippen molar-refractivity contribution in [1.29, 1.82) is 0 Å². The van der Waals surface area contributed by atoms with Crippen molar-refractivity contribution in [3.8, 4) is 11.5 Å². The van der Waals surface area contributed by atoms with Crippen LogP contribution in [0.4, 0.5) is 27.9 Å². The summed E-state index contributed by atoms with van der Waals surface area (Å²) in [6.07, 6.45) is -4.76. The van der Waals surface area contributed by atoms with Crippen molar-refractivity contribution in [3.63, 3.8) is 0 Å². The molecular weight excluding hydrogens is 343 g/mol. The number of ether oxygens (including phenoxy) is 2. The molecule has 0 spiro atoms. The molecule has 1 heterocycles. The molecule has 130 valence electrons. The van der Waals surface area contributed by atoms with Crippen molar-refractivity contribution in [2.45, 2.75) is 12.8 Å². The van der Waals surface area contributed by atoms with Crippen LogP contribution in [0.1, 0.15) is 16.2 Å². The van der Waals surface area contributed by atoms with Gasteiger partial charge < -0.3 is 9.47 Å². The minimum Gasteiger partial charge on any atom is -0.493 e. The molecular formula is C12H9F5N4O3. The fourth-order valence-corrected chi connectivity index (χ4v) is 1.62. The van der Waals surface area contributed by atoms with E-state index in [1.54, 1.807) is 5.10 Å². The Balaban J connectivity index is 2.19. The Hall–Kier alpha value is -2.92. The molecule has 0 atom stereocenters. The number of alkyl halides is 5. The summed E-state index contributed by atoms with van der Waals surface area (Å²) in [7, 11) is 1.21. The number of methoxy groups -OCH3 is 1. The molecule has 0 radical (unpaired) electrons. The topological polar surface area (TPSA) is 89.1 Å². The van der Waals surface area contributed by atoms with E-state index in [1.165, 1.54) is 19.2 Å². The number of H-pyrrole nitrogens is 1. The molecule has 2 N–H and O–H groups in total. The zero-order valence-corrected chi connectivity index (χ0v) is 11.8. The number of aromatic amines is 1. The molecule has 0 fully saturated rings. The SMILES string of the molecule is COc1ccc(C(=O)Nc2n[nH]c(C(F)(F)F)n2)cc1OC(F)F. The number of aromatic nitrogens is 3. The summed E-state index contributed by atoms with van der Waals surface area (Å²) < 4.78 is 70.8. The first-order valence-electron chi connectivity index (χ1n) is 6.14. The minimum atomic E-state index is -4.76. The second kappa shape index (κ2) is 6.68. The van der Waals surface area contributed by atoms with E-state index in [4.69, 9.17) is 4.74 Å².